The molecule has 2 heterocycles. The molecule has 1 aliphatic rings. The number of nitrogens with zero attached hydrogens (tertiary/aromatic N) is 3. The van der Waals surface area contributed by atoms with Crippen LogP contribution < -0.4 is 0 Å². The molecule has 152 valence electrons. The van der Waals surface area contributed by atoms with Crippen LogP contribution in [-0.4, -0.2) is 34.3 Å². The van der Waals surface area contributed by atoms with E-state index in [1.807, 2.05) is 6.92 Å². The average molecular weight is 401 g/mol. The first kappa shape index (κ1) is 20.9. The van der Waals surface area contributed by atoms with Crippen LogP contribution in [-0.2, 0) is 16.4 Å². The number of hydrogen-bond donors (Lipinski definition) is 1. The molecule has 28 heavy (non-hydrogen) atoms. The third-order valence-electron chi connectivity index (χ3n) is 6.23. The predicted octanol–water partition coefficient (Wildman–Crippen LogP) is 4.58. The maximum atomic E-state index is 13.2. The molecule has 0 unspecified atom stereocenters. The van der Waals surface area contributed by atoms with Gasteiger partial charge in [-0.15, -0.1) is 0 Å². The Balaban J connectivity index is 1.96. The molecular formula is C21H32N4O2Si. The second-order valence-corrected chi connectivity index (χ2v) is 14.5. The summed E-state index contributed by atoms with van der Waals surface area (Å²) in [6.45, 7) is 15.4. The van der Waals surface area contributed by atoms with E-state index in [0.717, 1.165) is 24.2 Å². The molecule has 7 heteroatoms. The topological polar surface area (TPSA) is 80.8 Å². The number of ketones is 1. The van der Waals surface area contributed by atoms with Gasteiger partial charge in [0.1, 0.15) is 11.3 Å². The van der Waals surface area contributed by atoms with Crippen LogP contribution in [0.5, 0.6) is 0 Å². The summed E-state index contributed by atoms with van der Waals surface area (Å²) in [5.74, 6) is 0.573. The number of carbonyl (C=O) groups excluding carboxylic acids is 1. The Morgan fingerprint density at radius 2 is 2.00 bits per heavy atom. The van der Waals surface area contributed by atoms with E-state index in [0.29, 0.717) is 17.2 Å². The first-order valence-corrected chi connectivity index (χ1v) is 12.9. The van der Waals surface area contributed by atoms with Gasteiger partial charge in [0.15, 0.2) is 14.1 Å². The lowest BCUT2D eigenvalue weighted by molar-refractivity contribution is -0.0647. The largest absolute Gasteiger partial charge is 0.406 e. The summed E-state index contributed by atoms with van der Waals surface area (Å²) < 4.78 is 6.91. The molecule has 0 saturated heterocycles. The van der Waals surface area contributed by atoms with Crippen molar-refractivity contribution >= 4 is 14.1 Å². The van der Waals surface area contributed by atoms with E-state index in [2.05, 4.69) is 61.0 Å². The van der Waals surface area contributed by atoms with Gasteiger partial charge in [0, 0.05) is 24.3 Å². The average Bonchev–Trinajstić information content (AvgIpc) is 2.95. The molecule has 1 aliphatic carbocycles. The molecule has 1 N–H and O–H groups in total. The highest BCUT2D eigenvalue weighted by molar-refractivity contribution is 6.74. The molecule has 1 saturated carbocycles. The van der Waals surface area contributed by atoms with Gasteiger partial charge in [0.05, 0.1) is 17.7 Å². The van der Waals surface area contributed by atoms with Crippen LogP contribution >= 0.6 is 0 Å². The van der Waals surface area contributed by atoms with Crippen molar-refractivity contribution < 1.29 is 9.22 Å². The highest BCUT2D eigenvalue weighted by atomic mass is 28.4. The molecule has 2 aromatic heterocycles. The van der Waals surface area contributed by atoms with Crippen molar-refractivity contribution in [2.75, 3.05) is 0 Å². The van der Waals surface area contributed by atoms with E-state index < -0.39 is 13.9 Å². The molecule has 0 radical (unpaired) electrons. The van der Waals surface area contributed by atoms with Crippen LogP contribution in [0.3, 0.4) is 0 Å². The number of rotatable bonds is 6. The fraction of sp³-hybridized carbons (Fsp3) is 0.619. The monoisotopic (exact) mass is 400 g/mol. The number of H-pyrrole nitrogens is 1. The Morgan fingerprint density at radius 3 is 2.54 bits per heavy atom. The molecule has 0 aromatic carbocycles. The van der Waals surface area contributed by atoms with Gasteiger partial charge in [0.25, 0.3) is 0 Å². The first-order valence-electron chi connectivity index (χ1n) is 9.99. The lowest BCUT2D eigenvalue weighted by Crippen LogP contribution is -2.54. The summed E-state index contributed by atoms with van der Waals surface area (Å²) in [4.78, 5) is 21.5. The Morgan fingerprint density at radius 1 is 1.32 bits per heavy atom. The molecule has 6 nitrogen and oxygen atoms in total. The SMILES string of the molecule is Cc1[nH]nc(C2(O[Si](C)(C)C(C)(C)C)CC(C)C2)c1C(=O)Cc1cnccn1. The summed E-state index contributed by atoms with van der Waals surface area (Å²) in [5, 5.41) is 7.73. The number of aromatic amines is 1. The lowest BCUT2D eigenvalue weighted by Gasteiger charge is -2.52. The lowest BCUT2D eigenvalue weighted by atomic mass is 9.69. The van der Waals surface area contributed by atoms with Gasteiger partial charge in [-0.05, 0) is 43.8 Å². The van der Waals surface area contributed by atoms with Gasteiger partial charge >= 0.3 is 0 Å². The summed E-state index contributed by atoms with van der Waals surface area (Å²) in [5.41, 5.74) is 2.43. The van der Waals surface area contributed by atoms with Crippen LogP contribution in [0.15, 0.2) is 18.6 Å². The summed E-state index contributed by atoms with van der Waals surface area (Å²) in [7, 11) is -2.03. The molecule has 1 fully saturated rings. The number of Topliss-reactive ketones (excluding diaryl/α,β-unsaturated/α-hetero) is 1. The fourth-order valence-electron chi connectivity index (χ4n) is 3.81. The van der Waals surface area contributed by atoms with Crippen molar-refractivity contribution in [3.63, 3.8) is 0 Å². The molecule has 0 aliphatic heterocycles. The van der Waals surface area contributed by atoms with Crippen LogP contribution in [0.4, 0.5) is 0 Å². The van der Waals surface area contributed by atoms with Gasteiger partial charge in [-0.25, -0.2) is 0 Å². The minimum absolute atomic E-state index is 0.0134. The van der Waals surface area contributed by atoms with Crippen molar-refractivity contribution in [3.8, 4) is 0 Å². The van der Waals surface area contributed by atoms with Gasteiger partial charge < -0.3 is 4.43 Å². The number of aromatic nitrogens is 4. The minimum Gasteiger partial charge on any atom is -0.406 e. The van der Waals surface area contributed by atoms with Crippen LogP contribution in [0.1, 0.15) is 68.0 Å². The number of carbonyl (C=O) groups is 1. The number of nitrogens with one attached hydrogen (secondary N) is 1. The zero-order chi connectivity index (χ0) is 20.7. The van der Waals surface area contributed by atoms with Crippen molar-refractivity contribution in [3.05, 3.63) is 41.2 Å². The second-order valence-electron chi connectivity index (χ2n) is 9.74. The normalized spacial score (nSPS) is 22.8. The van der Waals surface area contributed by atoms with Crippen molar-refractivity contribution in [2.45, 2.75) is 77.6 Å². The molecular weight excluding hydrogens is 368 g/mol. The van der Waals surface area contributed by atoms with Gasteiger partial charge in [-0.3, -0.25) is 19.9 Å². The maximum absolute atomic E-state index is 13.2. The summed E-state index contributed by atoms with van der Waals surface area (Å²) >= 11 is 0. The maximum Gasteiger partial charge on any atom is 0.193 e. The van der Waals surface area contributed by atoms with Gasteiger partial charge in [-0.2, -0.15) is 5.10 Å². The highest BCUT2D eigenvalue weighted by Gasteiger charge is 2.53. The fourth-order valence-corrected chi connectivity index (χ4v) is 5.35. The van der Waals surface area contributed by atoms with E-state index in [-0.39, 0.29) is 17.2 Å². The van der Waals surface area contributed by atoms with E-state index in [9.17, 15) is 4.79 Å². The Kier molecular flexibility index (Phi) is 5.36. The second kappa shape index (κ2) is 7.19. The predicted molar refractivity (Wildman–Crippen MR) is 112 cm³/mol. The van der Waals surface area contributed by atoms with Crippen LogP contribution in [0, 0.1) is 12.8 Å². The standard InChI is InChI=1S/C21H32N4O2Si/c1-14-11-21(12-14,27-28(6,7)20(3,4)5)19-18(15(2)24-25-19)17(26)10-16-13-22-8-9-23-16/h8-9,13-14H,10-12H2,1-7H3,(H,24,25). The zero-order valence-electron chi connectivity index (χ0n) is 18.1. The molecule has 0 amide bonds. The Labute approximate surface area is 168 Å². The molecule has 2 aromatic rings. The molecule has 0 bridgehead atoms. The number of hydrogen-bond acceptors (Lipinski definition) is 5. The third kappa shape index (κ3) is 3.82. The first-order chi connectivity index (χ1) is 13.0. The Hall–Kier alpha value is -1.86. The zero-order valence-corrected chi connectivity index (χ0v) is 19.1. The van der Waals surface area contributed by atoms with Crippen molar-refractivity contribution in [1.82, 2.24) is 20.2 Å². The van der Waals surface area contributed by atoms with E-state index in [4.69, 9.17) is 4.43 Å². The summed E-state index contributed by atoms with van der Waals surface area (Å²) in [6, 6.07) is 0. The van der Waals surface area contributed by atoms with E-state index in [1.165, 1.54) is 0 Å². The van der Waals surface area contributed by atoms with E-state index >= 15 is 0 Å². The third-order valence-corrected chi connectivity index (χ3v) is 10.7. The molecule has 0 spiro atoms. The smallest absolute Gasteiger partial charge is 0.193 e. The Bertz CT molecular complexity index is 849. The van der Waals surface area contributed by atoms with E-state index in [1.54, 1.807) is 18.6 Å². The number of aryl methyl sites for hydroxylation is 1. The highest BCUT2D eigenvalue weighted by Crippen LogP contribution is 2.53. The van der Waals surface area contributed by atoms with Crippen molar-refractivity contribution in [1.29, 1.82) is 0 Å². The van der Waals surface area contributed by atoms with Crippen LogP contribution in [0.25, 0.3) is 0 Å². The van der Waals surface area contributed by atoms with Crippen LogP contribution in [0.2, 0.25) is 18.1 Å². The molecule has 3 rings (SSSR count). The van der Waals surface area contributed by atoms with Crippen molar-refractivity contribution in [2.24, 2.45) is 5.92 Å². The minimum atomic E-state index is -2.03. The molecule has 0 atom stereocenters. The summed E-state index contributed by atoms with van der Waals surface area (Å²) in [6.07, 6.45) is 6.87. The quantitative estimate of drug-likeness (QED) is 0.567. The van der Waals surface area contributed by atoms with Gasteiger partial charge in [0.2, 0.25) is 0 Å². The van der Waals surface area contributed by atoms with Gasteiger partial charge in [-0.1, -0.05) is 27.7 Å².